The van der Waals surface area contributed by atoms with Crippen molar-refractivity contribution in [3.8, 4) is 0 Å². The topological polar surface area (TPSA) is 26.3 Å². The van der Waals surface area contributed by atoms with Crippen molar-refractivity contribution in [3.63, 3.8) is 0 Å². The number of unbranched alkanes of at least 4 members (excludes halogenated alkanes) is 1. The van der Waals surface area contributed by atoms with Gasteiger partial charge in [-0.05, 0) is 12.5 Å². The van der Waals surface area contributed by atoms with Crippen LogP contribution in [0.25, 0.3) is 0 Å². The predicted molar refractivity (Wildman–Crippen MR) is 52.4 cm³/mol. The quantitative estimate of drug-likeness (QED) is 0.694. The lowest BCUT2D eigenvalue weighted by atomic mass is 10.0. The number of Topliss-reactive ketones (excluding diaryl/α,β-unsaturated/α-hetero) is 1. The summed E-state index contributed by atoms with van der Waals surface area (Å²) < 4.78 is 17.4. The van der Waals surface area contributed by atoms with Crippen molar-refractivity contribution < 1.29 is 13.9 Å². The summed E-state index contributed by atoms with van der Waals surface area (Å²) in [4.78, 5) is 11.4. The van der Waals surface area contributed by atoms with E-state index in [0.717, 1.165) is 19.3 Å². The fraction of sp³-hybridized carbons (Fsp3) is 0.545. The Hall–Kier alpha value is -1.12. The zero-order valence-electron chi connectivity index (χ0n) is 8.38. The number of carbonyl (C=O) groups excluding carboxylic acids is 1. The predicted octanol–water partition coefficient (Wildman–Crippen LogP) is 2.90. The molecule has 0 bridgehead atoms. The third-order valence-electron chi connectivity index (χ3n) is 2.19. The monoisotopic (exact) mass is 198 g/mol. The molecule has 0 saturated carbocycles. The Balaban J connectivity index is 2.79. The molecular weight excluding hydrogens is 183 g/mol. The van der Waals surface area contributed by atoms with Gasteiger partial charge in [0.2, 0.25) is 0 Å². The van der Waals surface area contributed by atoms with Crippen LogP contribution in [0.1, 0.15) is 32.6 Å². The van der Waals surface area contributed by atoms with Gasteiger partial charge in [-0.2, -0.15) is 0 Å². The zero-order chi connectivity index (χ0) is 10.4. The van der Waals surface area contributed by atoms with Crippen molar-refractivity contribution in [3.05, 3.63) is 23.7 Å². The Morgan fingerprint density at radius 3 is 3.00 bits per heavy atom. The molecule has 0 atom stereocenters. The Kier molecular flexibility index (Phi) is 4.36. The maximum Gasteiger partial charge on any atom is 0.169 e. The maximum absolute atomic E-state index is 12.0. The summed E-state index contributed by atoms with van der Waals surface area (Å²) in [5.41, 5.74) is 0.409. The van der Waals surface area contributed by atoms with Gasteiger partial charge in [-0.1, -0.05) is 13.3 Å². The second kappa shape index (κ2) is 5.58. The van der Waals surface area contributed by atoms with E-state index in [1.807, 2.05) is 0 Å². The van der Waals surface area contributed by atoms with Gasteiger partial charge in [-0.25, -0.2) is 4.39 Å². The number of ether oxygens (including phenoxy) is 1. The molecule has 0 aliphatic carbocycles. The molecule has 0 aromatic carbocycles. The standard InChI is InChI=1S/C11H15FO2/c1-2-3-4-11-9(5-7-12)10(13)6-8-14-11/h5,7H,2-4,6,8H2,1H3/b7-5+. The molecule has 0 saturated heterocycles. The molecule has 0 N–H and O–H groups in total. The minimum absolute atomic E-state index is 0.0174. The van der Waals surface area contributed by atoms with Gasteiger partial charge in [0.25, 0.3) is 0 Å². The van der Waals surface area contributed by atoms with Gasteiger partial charge in [-0.3, -0.25) is 4.79 Å². The molecule has 0 aromatic rings. The van der Waals surface area contributed by atoms with E-state index in [2.05, 4.69) is 6.92 Å². The summed E-state index contributed by atoms with van der Waals surface area (Å²) in [6.45, 7) is 2.50. The summed E-state index contributed by atoms with van der Waals surface area (Å²) >= 11 is 0. The molecule has 1 aliphatic rings. The van der Waals surface area contributed by atoms with Gasteiger partial charge in [0, 0.05) is 12.8 Å². The highest BCUT2D eigenvalue weighted by atomic mass is 19.1. The van der Waals surface area contributed by atoms with Crippen molar-refractivity contribution in [1.29, 1.82) is 0 Å². The highest BCUT2D eigenvalue weighted by molar-refractivity contribution is 5.99. The molecule has 3 heteroatoms. The second-order valence-electron chi connectivity index (χ2n) is 3.25. The van der Waals surface area contributed by atoms with Crippen LogP contribution in [-0.2, 0) is 9.53 Å². The van der Waals surface area contributed by atoms with Crippen molar-refractivity contribution in [2.24, 2.45) is 0 Å². The number of ketones is 1. The number of hydrogen-bond acceptors (Lipinski definition) is 2. The molecule has 0 unspecified atom stereocenters. The van der Waals surface area contributed by atoms with E-state index in [0.29, 0.717) is 30.7 Å². The molecule has 0 radical (unpaired) electrons. The van der Waals surface area contributed by atoms with E-state index < -0.39 is 0 Å². The Morgan fingerprint density at radius 2 is 2.36 bits per heavy atom. The van der Waals surface area contributed by atoms with Gasteiger partial charge < -0.3 is 4.74 Å². The van der Waals surface area contributed by atoms with Crippen LogP contribution < -0.4 is 0 Å². The van der Waals surface area contributed by atoms with Gasteiger partial charge in [0.1, 0.15) is 5.76 Å². The van der Waals surface area contributed by atoms with E-state index in [9.17, 15) is 9.18 Å². The largest absolute Gasteiger partial charge is 0.497 e. The van der Waals surface area contributed by atoms with Crippen molar-refractivity contribution in [2.45, 2.75) is 32.6 Å². The lowest BCUT2D eigenvalue weighted by molar-refractivity contribution is -0.117. The van der Waals surface area contributed by atoms with Gasteiger partial charge in [-0.15, -0.1) is 0 Å². The van der Waals surface area contributed by atoms with E-state index in [1.165, 1.54) is 6.08 Å². The Bertz CT molecular complexity index is 266. The highest BCUT2D eigenvalue weighted by Gasteiger charge is 2.19. The Morgan fingerprint density at radius 1 is 1.57 bits per heavy atom. The van der Waals surface area contributed by atoms with Crippen LogP contribution in [0.15, 0.2) is 23.7 Å². The average molecular weight is 198 g/mol. The summed E-state index contributed by atoms with van der Waals surface area (Å²) in [6.07, 6.45) is 4.68. The normalized spacial score (nSPS) is 17.7. The lowest BCUT2D eigenvalue weighted by Crippen LogP contribution is -2.15. The van der Waals surface area contributed by atoms with E-state index >= 15 is 0 Å². The molecule has 1 rings (SSSR count). The number of halogens is 1. The second-order valence-corrected chi connectivity index (χ2v) is 3.25. The van der Waals surface area contributed by atoms with Crippen LogP contribution in [0.2, 0.25) is 0 Å². The summed E-state index contributed by atoms with van der Waals surface area (Å²) in [6, 6.07) is 0. The minimum atomic E-state index is -0.0174. The summed E-state index contributed by atoms with van der Waals surface area (Å²) in [7, 11) is 0. The SMILES string of the molecule is CCCCC1=C(/C=C/F)C(=O)CCO1. The van der Waals surface area contributed by atoms with Gasteiger partial charge in [0.15, 0.2) is 5.78 Å². The third kappa shape index (κ3) is 2.69. The number of allylic oxidation sites excluding steroid dienone is 3. The van der Waals surface area contributed by atoms with E-state index in [-0.39, 0.29) is 5.78 Å². The van der Waals surface area contributed by atoms with E-state index in [1.54, 1.807) is 0 Å². The minimum Gasteiger partial charge on any atom is -0.497 e. The first kappa shape index (κ1) is 11.0. The van der Waals surface area contributed by atoms with Crippen LogP contribution in [0.3, 0.4) is 0 Å². The van der Waals surface area contributed by atoms with Crippen molar-refractivity contribution in [1.82, 2.24) is 0 Å². The lowest BCUT2D eigenvalue weighted by Gasteiger charge is -2.18. The molecule has 0 amide bonds. The first-order valence-corrected chi connectivity index (χ1v) is 4.95. The smallest absolute Gasteiger partial charge is 0.169 e. The molecule has 0 fully saturated rings. The molecule has 0 spiro atoms. The molecular formula is C11H15FO2. The van der Waals surface area contributed by atoms with Gasteiger partial charge in [0.05, 0.1) is 18.5 Å². The van der Waals surface area contributed by atoms with Crippen molar-refractivity contribution >= 4 is 5.78 Å². The zero-order valence-corrected chi connectivity index (χ0v) is 8.38. The fourth-order valence-electron chi connectivity index (χ4n) is 1.43. The number of hydrogen-bond donors (Lipinski definition) is 0. The maximum atomic E-state index is 12.0. The highest BCUT2D eigenvalue weighted by Crippen LogP contribution is 2.22. The van der Waals surface area contributed by atoms with E-state index in [4.69, 9.17) is 4.74 Å². The molecule has 1 aliphatic heterocycles. The van der Waals surface area contributed by atoms with Gasteiger partial charge >= 0.3 is 0 Å². The summed E-state index contributed by atoms with van der Waals surface area (Å²) in [5.74, 6) is 0.633. The van der Waals surface area contributed by atoms with Crippen LogP contribution in [0, 0.1) is 0 Å². The Labute approximate surface area is 83.4 Å². The van der Waals surface area contributed by atoms with Crippen LogP contribution in [-0.4, -0.2) is 12.4 Å². The van der Waals surface area contributed by atoms with Crippen LogP contribution in [0.4, 0.5) is 4.39 Å². The van der Waals surface area contributed by atoms with Crippen molar-refractivity contribution in [2.75, 3.05) is 6.61 Å². The van der Waals surface area contributed by atoms with Crippen LogP contribution in [0.5, 0.6) is 0 Å². The molecule has 2 nitrogen and oxygen atoms in total. The first-order chi connectivity index (χ1) is 6.79. The molecule has 1 heterocycles. The summed E-state index contributed by atoms with van der Waals surface area (Å²) in [5, 5.41) is 0. The number of carbonyl (C=O) groups is 1. The fourth-order valence-corrected chi connectivity index (χ4v) is 1.43. The van der Waals surface area contributed by atoms with Crippen LogP contribution >= 0.6 is 0 Å². The first-order valence-electron chi connectivity index (χ1n) is 4.95. The number of rotatable bonds is 4. The molecule has 14 heavy (non-hydrogen) atoms. The molecule has 78 valence electrons. The average Bonchev–Trinajstić information content (AvgIpc) is 2.19. The molecule has 0 aromatic heterocycles. The third-order valence-corrected chi connectivity index (χ3v) is 2.19.